The maximum absolute atomic E-state index is 13.5. The van der Waals surface area contributed by atoms with Gasteiger partial charge in [-0.15, -0.1) is 0 Å². The number of nitrogens with zero attached hydrogens (tertiary/aromatic N) is 1. The van der Waals surface area contributed by atoms with E-state index in [4.69, 9.17) is 10.5 Å². The van der Waals surface area contributed by atoms with Crippen LogP contribution in [0.2, 0.25) is 0 Å². The smallest absolute Gasteiger partial charge is 0.130 e. The third kappa shape index (κ3) is 4.31. The Morgan fingerprint density at radius 2 is 2.10 bits per heavy atom. The van der Waals surface area contributed by atoms with Crippen LogP contribution in [0.4, 0.5) is 4.39 Å². The summed E-state index contributed by atoms with van der Waals surface area (Å²) in [6.07, 6.45) is 0.622. The molecule has 2 aromatic rings. The Hall–Kier alpha value is -1.94. The lowest BCUT2D eigenvalue weighted by Crippen LogP contribution is -2.17. The SMILES string of the molecule is Cc1cccc(COc2cc(F)cc(CC(C)N)c2)n1. The molecule has 0 aliphatic heterocycles. The van der Waals surface area contributed by atoms with Crippen LogP contribution < -0.4 is 10.5 Å². The summed E-state index contributed by atoms with van der Waals surface area (Å²) >= 11 is 0. The highest BCUT2D eigenvalue weighted by Crippen LogP contribution is 2.18. The molecular formula is C16H19FN2O. The number of halogens is 1. The summed E-state index contributed by atoms with van der Waals surface area (Å²) in [5, 5.41) is 0. The standard InChI is InChI=1S/C16H19FN2O/c1-11(18)6-13-7-14(17)9-16(8-13)20-10-15-5-3-4-12(2)19-15/h3-5,7-9,11H,6,10,18H2,1-2H3. The van der Waals surface area contributed by atoms with Gasteiger partial charge in [0.1, 0.15) is 18.2 Å². The number of pyridine rings is 1. The second-order valence-electron chi connectivity index (χ2n) is 5.04. The van der Waals surface area contributed by atoms with Gasteiger partial charge < -0.3 is 10.5 Å². The lowest BCUT2D eigenvalue weighted by Gasteiger charge is -2.10. The summed E-state index contributed by atoms with van der Waals surface area (Å²) in [6.45, 7) is 4.14. The first-order chi connectivity index (χ1) is 9.52. The molecule has 2 N–H and O–H groups in total. The maximum atomic E-state index is 13.5. The second-order valence-corrected chi connectivity index (χ2v) is 5.04. The van der Waals surface area contributed by atoms with Crippen molar-refractivity contribution in [1.29, 1.82) is 0 Å². The molecule has 0 saturated carbocycles. The molecule has 0 radical (unpaired) electrons. The van der Waals surface area contributed by atoms with Crippen molar-refractivity contribution in [2.24, 2.45) is 5.73 Å². The van der Waals surface area contributed by atoms with Gasteiger partial charge in [0.05, 0.1) is 5.69 Å². The zero-order valence-electron chi connectivity index (χ0n) is 11.8. The molecule has 0 fully saturated rings. The van der Waals surface area contributed by atoms with Gasteiger partial charge in [-0.05, 0) is 50.1 Å². The molecule has 0 amide bonds. The van der Waals surface area contributed by atoms with Crippen LogP contribution in [0.25, 0.3) is 0 Å². The normalized spacial score (nSPS) is 12.2. The fourth-order valence-electron chi connectivity index (χ4n) is 2.03. The first-order valence-electron chi connectivity index (χ1n) is 6.63. The summed E-state index contributed by atoms with van der Waals surface area (Å²) in [6, 6.07) is 10.4. The average Bonchev–Trinajstić information content (AvgIpc) is 2.35. The summed E-state index contributed by atoms with van der Waals surface area (Å²) in [4.78, 5) is 4.34. The van der Waals surface area contributed by atoms with Crippen LogP contribution in [0.1, 0.15) is 23.9 Å². The van der Waals surface area contributed by atoms with E-state index in [2.05, 4.69) is 4.98 Å². The number of aromatic nitrogens is 1. The number of nitrogens with two attached hydrogens (primary N) is 1. The molecule has 1 aromatic carbocycles. The predicted octanol–water partition coefficient (Wildman–Crippen LogP) is 3.00. The Balaban J connectivity index is 2.07. The van der Waals surface area contributed by atoms with E-state index in [1.165, 1.54) is 12.1 Å². The van der Waals surface area contributed by atoms with Crippen molar-refractivity contribution < 1.29 is 9.13 Å². The van der Waals surface area contributed by atoms with Crippen molar-refractivity contribution in [3.8, 4) is 5.75 Å². The first-order valence-corrected chi connectivity index (χ1v) is 6.63. The zero-order chi connectivity index (χ0) is 14.5. The van der Waals surface area contributed by atoms with Crippen LogP contribution in [-0.4, -0.2) is 11.0 Å². The summed E-state index contributed by atoms with van der Waals surface area (Å²) in [5.41, 5.74) is 8.33. The zero-order valence-corrected chi connectivity index (χ0v) is 11.8. The average molecular weight is 274 g/mol. The molecule has 1 atom stereocenters. The van der Waals surface area contributed by atoms with E-state index >= 15 is 0 Å². The van der Waals surface area contributed by atoms with Crippen LogP contribution in [0.5, 0.6) is 5.75 Å². The Morgan fingerprint density at radius 1 is 1.30 bits per heavy atom. The van der Waals surface area contributed by atoms with E-state index in [1.807, 2.05) is 38.1 Å². The van der Waals surface area contributed by atoms with Crippen LogP contribution in [0.15, 0.2) is 36.4 Å². The van der Waals surface area contributed by atoms with E-state index in [-0.39, 0.29) is 11.9 Å². The summed E-state index contributed by atoms with van der Waals surface area (Å²) in [5.74, 6) is 0.194. The molecule has 2 rings (SSSR count). The number of aryl methyl sites for hydroxylation is 1. The Labute approximate surface area is 118 Å². The van der Waals surface area contributed by atoms with E-state index in [0.717, 1.165) is 17.0 Å². The van der Waals surface area contributed by atoms with E-state index in [1.54, 1.807) is 0 Å². The van der Waals surface area contributed by atoms with Crippen LogP contribution in [0, 0.1) is 12.7 Å². The van der Waals surface area contributed by atoms with E-state index in [9.17, 15) is 4.39 Å². The van der Waals surface area contributed by atoms with Gasteiger partial charge in [-0.1, -0.05) is 6.07 Å². The minimum absolute atomic E-state index is 0.0110. The van der Waals surface area contributed by atoms with Crippen molar-refractivity contribution in [2.75, 3.05) is 0 Å². The molecule has 0 saturated heterocycles. The molecule has 4 heteroatoms. The highest BCUT2D eigenvalue weighted by Gasteiger charge is 2.05. The molecule has 0 aliphatic carbocycles. The van der Waals surface area contributed by atoms with Gasteiger partial charge in [0, 0.05) is 17.8 Å². The predicted molar refractivity (Wildman–Crippen MR) is 77.1 cm³/mol. The van der Waals surface area contributed by atoms with Gasteiger partial charge >= 0.3 is 0 Å². The van der Waals surface area contributed by atoms with Crippen molar-refractivity contribution in [2.45, 2.75) is 32.9 Å². The third-order valence-corrected chi connectivity index (χ3v) is 2.82. The maximum Gasteiger partial charge on any atom is 0.130 e. The lowest BCUT2D eigenvalue weighted by atomic mass is 10.1. The number of hydrogen-bond acceptors (Lipinski definition) is 3. The minimum atomic E-state index is -0.310. The first kappa shape index (κ1) is 14.5. The molecule has 20 heavy (non-hydrogen) atoms. The summed E-state index contributed by atoms with van der Waals surface area (Å²) < 4.78 is 19.1. The number of rotatable bonds is 5. The van der Waals surface area contributed by atoms with Gasteiger partial charge in [0.15, 0.2) is 0 Å². The van der Waals surface area contributed by atoms with Crippen molar-refractivity contribution in [3.05, 3.63) is 59.2 Å². The topological polar surface area (TPSA) is 48.1 Å². The monoisotopic (exact) mass is 274 g/mol. The van der Waals surface area contributed by atoms with Crippen molar-refractivity contribution in [3.63, 3.8) is 0 Å². The Kier molecular flexibility index (Phi) is 4.69. The minimum Gasteiger partial charge on any atom is -0.487 e. The molecule has 1 heterocycles. The number of hydrogen-bond donors (Lipinski definition) is 1. The third-order valence-electron chi connectivity index (χ3n) is 2.82. The molecule has 0 bridgehead atoms. The molecule has 106 valence electrons. The highest BCUT2D eigenvalue weighted by molar-refractivity contribution is 5.30. The second kappa shape index (κ2) is 6.48. The van der Waals surface area contributed by atoms with E-state index < -0.39 is 0 Å². The van der Waals surface area contributed by atoms with Crippen LogP contribution in [0.3, 0.4) is 0 Å². The quantitative estimate of drug-likeness (QED) is 0.911. The van der Waals surface area contributed by atoms with Gasteiger partial charge in [-0.25, -0.2) is 4.39 Å². The molecule has 1 aromatic heterocycles. The fourth-order valence-corrected chi connectivity index (χ4v) is 2.03. The number of ether oxygens (including phenoxy) is 1. The van der Waals surface area contributed by atoms with Crippen molar-refractivity contribution in [1.82, 2.24) is 4.98 Å². The van der Waals surface area contributed by atoms with Gasteiger partial charge in [0.25, 0.3) is 0 Å². The van der Waals surface area contributed by atoms with Gasteiger partial charge in [0.2, 0.25) is 0 Å². The number of benzene rings is 1. The van der Waals surface area contributed by atoms with Gasteiger partial charge in [-0.3, -0.25) is 4.98 Å². The van der Waals surface area contributed by atoms with Gasteiger partial charge in [-0.2, -0.15) is 0 Å². The Bertz CT molecular complexity index is 584. The molecular weight excluding hydrogens is 255 g/mol. The molecule has 0 spiro atoms. The molecule has 0 aliphatic rings. The van der Waals surface area contributed by atoms with E-state index in [0.29, 0.717) is 18.8 Å². The highest BCUT2D eigenvalue weighted by atomic mass is 19.1. The van der Waals surface area contributed by atoms with Crippen molar-refractivity contribution >= 4 is 0 Å². The Morgan fingerprint density at radius 3 is 2.80 bits per heavy atom. The lowest BCUT2D eigenvalue weighted by molar-refractivity contribution is 0.299. The largest absolute Gasteiger partial charge is 0.487 e. The molecule has 1 unspecified atom stereocenters. The summed E-state index contributed by atoms with van der Waals surface area (Å²) in [7, 11) is 0. The van der Waals surface area contributed by atoms with Crippen LogP contribution >= 0.6 is 0 Å². The van der Waals surface area contributed by atoms with Crippen LogP contribution in [-0.2, 0) is 13.0 Å². The molecule has 3 nitrogen and oxygen atoms in total. The fraction of sp³-hybridized carbons (Fsp3) is 0.312.